The molecule has 1 aliphatic heterocycles. The van der Waals surface area contributed by atoms with Gasteiger partial charge < -0.3 is 24.6 Å². The van der Waals surface area contributed by atoms with Crippen LogP contribution in [-0.2, 0) is 17.9 Å². The number of fused-ring (bicyclic) bond motifs is 1. The standard InChI is InChI=1S/C22H29N3O4S/c1-4-9-24(22(27)23-5-2)14-21(26)25(13-20-16(3)8-10-30-20)12-17-6-7-18-19(11-17)29-15-28-18/h6-8,10-11H,4-5,9,12-15H2,1-3H3,(H,23,27). The smallest absolute Gasteiger partial charge is 0.317 e. The van der Waals surface area contributed by atoms with E-state index in [0.29, 0.717) is 31.9 Å². The van der Waals surface area contributed by atoms with Crippen LogP contribution in [0.2, 0.25) is 0 Å². The number of urea groups is 1. The average Bonchev–Trinajstić information content (AvgIpc) is 3.35. The largest absolute Gasteiger partial charge is 0.454 e. The first kappa shape index (κ1) is 22.0. The summed E-state index contributed by atoms with van der Waals surface area (Å²) in [5.41, 5.74) is 2.12. The van der Waals surface area contributed by atoms with Gasteiger partial charge in [-0.2, -0.15) is 0 Å². The molecule has 3 rings (SSSR count). The molecule has 30 heavy (non-hydrogen) atoms. The number of rotatable bonds is 9. The number of ether oxygens (including phenoxy) is 2. The van der Waals surface area contributed by atoms with E-state index in [1.165, 1.54) is 0 Å². The van der Waals surface area contributed by atoms with Gasteiger partial charge in [-0.15, -0.1) is 11.3 Å². The summed E-state index contributed by atoms with van der Waals surface area (Å²) >= 11 is 1.64. The zero-order valence-corrected chi connectivity index (χ0v) is 18.6. The van der Waals surface area contributed by atoms with E-state index < -0.39 is 0 Å². The third kappa shape index (κ3) is 5.44. The molecule has 0 atom stereocenters. The first-order valence-electron chi connectivity index (χ1n) is 10.2. The Labute approximate surface area is 181 Å². The van der Waals surface area contributed by atoms with E-state index in [4.69, 9.17) is 9.47 Å². The summed E-state index contributed by atoms with van der Waals surface area (Å²) in [7, 11) is 0. The van der Waals surface area contributed by atoms with E-state index in [9.17, 15) is 9.59 Å². The molecular weight excluding hydrogens is 402 g/mol. The molecule has 7 nitrogen and oxygen atoms in total. The second kappa shape index (κ2) is 10.3. The van der Waals surface area contributed by atoms with Gasteiger partial charge in [-0.1, -0.05) is 13.0 Å². The molecule has 2 aromatic rings. The van der Waals surface area contributed by atoms with Gasteiger partial charge in [-0.25, -0.2) is 4.79 Å². The molecule has 1 aromatic heterocycles. The van der Waals surface area contributed by atoms with Crippen molar-refractivity contribution >= 4 is 23.3 Å². The zero-order chi connectivity index (χ0) is 21.5. The van der Waals surface area contributed by atoms with E-state index in [1.807, 2.05) is 44.4 Å². The fourth-order valence-electron chi connectivity index (χ4n) is 3.28. The molecule has 0 fully saturated rings. The fraction of sp³-hybridized carbons (Fsp3) is 0.455. The van der Waals surface area contributed by atoms with E-state index in [2.05, 4.69) is 11.4 Å². The maximum absolute atomic E-state index is 13.3. The lowest BCUT2D eigenvalue weighted by molar-refractivity contribution is -0.133. The maximum Gasteiger partial charge on any atom is 0.317 e. The van der Waals surface area contributed by atoms with Crippen molar-refractivity contribution in [2.75, 3.05) is 26.4 Å². The molecule has 0 radical (unpaired) electrons. The summed E-state index contributed by atoms with van der Waals surface area (Å²) in [4.78, 5) is 30.2. The second-order valence-electron chi connectivity index (χ2n) is 7.22. The van der Waals surface area contributed by atoms with Gasteiger partial charge in [-0.05, 0) is 55.0 Å². The Kier molecular flexibility index (Phi) is 7.57. The number of hydrogen-bond acceptors (Lipinski definition) is 5. The Bertz CT molecular complexity index is 883. The number of nitrogens with one attached hydrogen (secondary N) is 1. The molecule has 8 heteroatoms. The van der Waals surface area contributed by atoms with E-state index in [-0.39, 0.29) is 25.3 Å². The number of benzene rings is 1. The third-order valence-corrected chi connectivity index (χ3v) is 5.91. The number of amides is 3. The molecule has 0 spiro atoms. The number of nitrogens with zero attached hydrogens (tertiary/aromatic N) is 2. The van der Waals surface area contributed by atoms with Gasteiger partial charge in [0.15, 0.2) is 11.5 Å². The molecule has 1 N–H and O–H groups in total. The molecule has 0 saturated heterocycles. The average molecular weight is 432 g/mol. The van der Waals surface area contributed by atoms with Gasteiger partial charge in [0.1, 0.15) is 6.54 Å². The lowest BCUT2D eigenvalue weighted by Crippen LogP contribution is -2.46. The number of carbonyl (C=O) groups excluding carboxylic acids is 2. The molecule has 3 amide bonds. The Balaban J connectivity index is 1.78. The molecule has 2 heterocycles. The molecule has 0 saturated carbocycles. The summed E-state index contributed by atoms with van der Waals surface area (Å²) in [5, 5.41) is 4.83. The minimum Gasteiger partial charge on any atom is -0.454 e. The van der Waals surface area contributed by atoms with Gasteiger partial charge in [0.2, 0.25) is 12.7 Å². The Morgan fingerprint density at radius 1 is 1.10 bits per heavy atom. The van der Waals surface area contributed by atoms with Crippen molar-refractivity contribution in [2.45, 2.75) is 40.3 Å². The van der Waals surface area contributed by atoms with Crippen molar-refractivity contribution in [3.8, 4) is 11.5 Å². The Morgan fingerprint density at radius 3 is 2.60 bits per heavy atom. The van der Waals surface area contributed by atoms with Gasteiger partial charge in [0.25, 0.3) is 0 Å². The van der Waals surface area contributed by atoms with Crippen molar-refractivity contribution < 1.29 is 19.1 Å². The number of aryl methyl sites for hydroxylation is 1. The van der Waals surface area contributed by atoms with E-state index >= 15 is 0 Å². The van der Waals surface area contributed by atoms with Crippen LogP contribution >= 0.6 is 11.3 Å². The summed E-state index contributed by atoms with van der Waals surface area (Å²) < 4.78 is 10.9. The molecule has 0 aliphatic carbocycles. The highest BCUT2D eigenvalue weighted by molar-refractivity contribution is 7.10. The highest BCUT2D eigenvalue weighted by atomic mass is 32.1. The predicted octanol–water partition coefficient (Wildman–Crippen LogP) is 3.76. The summed E-state index contributed by atoms with van der Waals surface area (Å²) in [6.07, 6.45) is 0.788. The lowest BCUT2D eigenvalue weighted by atomic mass is 10.1. The fourth-order valence-corrected chi connectivity index (χ4v) is 4.20. The summed E-state index contributed by atoms with van der Waals surface area (Å²) in [6.45, 7) is 8.19. The molecule has 0 bridgehead atoms. The van der Waals surface area contributed by atoms with Crippen molar-refractivity contribution in [1.29, 1.82) is 0 Å². The quantitative estimate of drug-likeness (QED) is 0.656. The van der Waals surface area contributed by atoms with Gasteiger partial charge in [0, 0.05) is 24.5 Å². The molecule has 1 aliphatic rings. The Morgan fingerprint density at radius 2 is 1.90 bits per heavy atom. The topological polar surface area (TPSA) is 71.1 Å². The van der Waals surface area contributed by atoms with Crippen LogP contribution in [0.3, 0.4) is 0 Å². The van der Waals surface area contributed by atoms with Crippen LogP contribution in [0.4, 0.5) is 4.79 Å². The molecule has 162 valence electrons. The first-order chi connectivity index (χ1) is 14.5. The first-order valence-corrected chi connectivity index (χ1v) is 11.1. The minimum atomic E-state index is -0.206. The van der Waals surface area contributed by atoms with Gasteiger partial charge in [-0.3, -0.25) is 4.79 Å². The van der Waals surface area contributed by atoms with Crippen LogP contribution in [0.1, 0.15) is 36.3 Å². The van der Waals surface area contributed by atoms with Crippen molar-refractivity contribution in [1.82, 2.24) is 15.1 Å². The lowest BCUT2D eigenvalue weighted by Gasteiger charge is -2.27. The minimum absolute atomic E-state index is 0.0502. The van der Waals surface area contributed by atoms with Crippen LogP contribution in [0.25, 0.3) is 0 Å². The van der Waals surface area contributed by atoms with Crippen molar-refractivity contribution in [3.05, 3.63) is 45.6 Å². The van der Waals surface area contributed by atoms with Crippen LogP contribution in [0.5, 0.6) is 11.5 Å². The zero-order valence-electron chi connectivity index (χ0n) is 17.8. The third-order valence-electron chi connectivity index (χ3n) is 4.90. The van der Waals surface area contributed by atoms with Gasteiger partial charge in [0.05, 0.1) is 6.54 Å². The highest BCUT2D eigenvalue weighted by Gasteiger charge is 2.23. The Hall–Kier alpha value is -2.74. The van der Waals surface area contributed by atoms with Crippen LogP contribution in [0, 0.1) is 6.92 Å². The van der Waals surface area contributed by atoms with Crippen LogP contribution in [0.15, 0.2) is 29.6 Å². The number of carbonyl (C=O) groups is 2. The highest BCUT2D eigenvalue weighted by Crippen LogP contribution is 2.33. The van der Waals surface area contributed by atoms with Crippen molar-refractivity contribution in [3.63, 3.8) is 0 Å². The van der Waals surface area contributed by atoms with Gasteiger partial charge >= 0.3 is 6.03 Å². The summed E-state index contributed by atoms with van der Waals surface area (Å²) in [6, 6.07) is 7.58. The number of thiophene rings is 1. The van der Waals surface area contributed by atoms with E-state index in [0.717, 1.165) is 28.2 Å². The molecular formula is C22H29N3O4S. The molecule has 1 aromatic carbocycles. The van der Waals surface area contributed by atoms with Crippen LogP contribution < -0.4 is 14.8 Å². The maximum atomic E-state index is 13.3. The van der Waals surface area contributed by atoms with Crippen molar-refractivity contribution in [2.24, 2.45) is 0 Å². The van der Waals surface area contributed by atoms with E-state index in [1.54, 1.807) is 21.1 Å². The molecule has 0 unspecified atom stereocenters. The summed E-state index contributed by atoms with van der Waals surface area (Å²) in [5.74, 6) is 1.33. The van der Waals surface area contributed by atoms with Crippen LogP contribution in [-0.4, -0.2) is 48.2 Å². The predicted molar refractivity (Wildman–Crippen MR) is 117 cm³/mol. The number of hydrogen-bond donors (Lipinski definition) is 1. The normalized spacial score (nSPS) is 12.0. The SMILES string of the molecule is CCCN(CC(=O)N(Cc1ccc2c(c1)OCO2)Cc1sccc1C)C(=O)NCC. The monoisotopic (exact) mass is 431 g/mol. The second-order valence-corrected chi connectivity index (χ2v) is 8.22.